The van der Waals surface area contributed by atoms with E-state index in [4.69, 9.17) is 4.74 Å². The number of nitrogens with zero attached hydrogens (tertiary/aromatic N) is 3. The molecule has 0 spiro atoms. The molecule has 1 N–H and O–H groups in total. The van der Waals surface area contributed by atoms with Gasteiger partial charge in [-0.3, -0.25) is 10.1 Å². The number of aryl methyl sites for hydroxylation is 2. The van der Waals surface area contributed by atoms with E-state index in [1.165, 1.54) is 23.5 Å². The van der Waals surface area contributed by atoms with Gasteiger partial charge in [-0.1, -0.05) is 0 Å². The van der Waals surface area contributed by atoms with Crippen LogP contribution in [0.4, 0.5) is 9.52 Å². The molecule has 0 saturated heterocycles. The van der Waals surface area contributed by atoms with Gasteiger partial charge in [0.25, 0.3) is 5.91 Å². The minimum absolute atomic E-state index is 0.279. The molecule has 0 fully saturated rings. The van der Waals surface area contributed by atoms with Crippen molar-refractivity contribution in [1.29, 1.82) is 0 Å². The second-order valence-electron chi connectivity index (χ2n) is 7.04. The fraction of sp³-hybridized carbons (Fsp3) is 0.174. The van der Waals surface area contributed by atoms with Crippen molar-refractivity contribution in [1.82, 2.24) is 14.8 Å². The molecular weight excluding hydrogens is 415 g/mol. The first-order valence-corrected chi connectivity index (χ1v) is 10.4. The lowest BCUT2D eigenvalue weighted by Gasteiger charge is -2.05. The number of thiazole rings is 1. The Morgan fingerprint density at radius 2 is 1.74 bits per heavy atom. The van der Waals surface area contributed by atoms with Gasteiger partial charge in [0, 0.05) is 10.4 Å². The van der Waals surface area contributed by atoms with E-state index >= 15 is 0 Å². The fourth-order valence-corrected chi connectivity index (χ4v) is 4.26. The van der Waals surface area contributed by atoms with E-state index in [9.17, 15) is 9.18 Å². The van der Waals surface area contributed by atoms with Gasteiger partial charge in [0.05, 0.1) is 35.4 Å². The zero-order valence-electron chi connectivity index (χ0n) is 17.6. The molecule has 31 heavy (non-hydrogen) atoms. The van der Waals surface area contributed by atoms with Crippen LogP contribution in [-0.4, -0.2) is 27.8 Å². The molecule has 2 aromatic heterocycles. The average molecular weight is 437 g/mol. The first-order valence-electron chi connectivity index (χ1n) is 9.62. The topological polar surface area (TPSA) is 69.0 Å². The predicted octanol–water partition coefficient (Wildman–Crippen LogP) is 5.32. The lowest BCUT2D eigenvalue weighted by molar-refractivity contribution is 0.102. The van der Waals surface area contributed by atoms with E-state index < -0.39 is 0 Å². The zero-order valence-corrected chi connectivity index (χ0v) is 18.4. The van der Waals surface area contributed by atoms with E-state index in [1.807, 2.05) is 38.1 Å². The number of ether oxygens (including phenoxy) is 1. The quantitative estimate of drug-likeness (QED) is 0.460. The highest BCUT2D eigenvalue weighted by Gasteiger charge is 2.21. The molecule has 2 aromatic carbocycles. The number of amides is 1. The summed E-state index contributed by atoms with van der Waals surface area (Å²) in [6.45, 7) is 5.56. The van der Waals surface area contributed by atoms with E-state index in [0.29, 0.717) is 27.8 Å². The van der Waals surface area contributed by atoms with Gasteiger partial charge in [-0.25, -0.2) is 14.1 Å². The molecule has 0 bridgehead atoms. The normalized spacial score (nSPS) is 10.9. The molecule has 6 nitrogen and oxygen atoms in total. The molecule has 0 atom stereocenters. The molecule has 4 rings (SSSR count). The number of nitrogens with one attached hydrogen (secondary N) is 1. The minimum Gasteiger partial charge on any atom is -0.497 e. The summed E-state index contributed by atoms with van der Waals surface area (Å²) in [6, 6.07) is 13.6. The van der Waals surface area contributed by atoms with Crippen LogP contribution in [0.3, 0.4) is 0 Å². The number of benzene rings is 2. The third kappa shape index (κ3) is 4.06. The predicted molar refractivity (Wildman–Crippen MR) is 120 cm³/mol. The van der Waals surface area contributed by atoms with Gasteiger partial charge in [0.15, 0.2) is 5.13 Å². The van der Waals surface area contributed by atoms with E-state index in [2.05, 4.69) is 15.4 Å². The van der Waals surface area contributed by atoms with Crippen LogP contribution in [0.5, 0.6) is 5.75 Å². The first kappa shape index (κ1) is 20.7. The fourth-order valence-electron chi connectivity index (χ4n) is 3.43. The van der Waals surface area contributed by atoms with Crippen molar-refractivity contribution in [2.45, 2.75) is 20.8 Å². The zero-order chi connectivity index (χ0) is 22.1. The number of carbonyl (C=O) groups is 1. The van der Waals surface area contributed by atoms with Crippen molar-refractivity contribution in [3.8, 4) is 22.7 Å². The third-order valence-corrected chi connectivity index (χ3v) is 5.86. The monoisotopic (exact) mass is 436 g/mol. The summed E-state index contributed by atoms with van der Waals surface area (Å²) in [7, 11) is 1.62. The highest BCUT2D eigenvalue weighted by atomic mass is 32.1. The molecule has 4 aromatic rings. The maximum atomic E-state index is 13.2. The van der Waals surface area contributed by atoms with Crippen LogP contribution in [0.15, 0.2) is 48.5 Å². The number of carbonyl (C=O) groups excluding carboxylic acids is 1. The molecule has 158 valence electrons. The summed E-state index contributed by atoms with van der Waals surface area (Å²) >= 11 is 1.42. The smallest absolute Gasteiger partial charge is 0.261 e. The van der Waals surface area contributed by atoms with Crippen molar-refractivity contribution in [2.24, 2.45) is 0 Å². The van der Waals surface area contributed by atoms with Gasteiger partial charge in [-0.2, -0.15) is 5.10 Å². The SMILES string of the molecule is COc1ccc(-c2nc(NC(=O)c3c(C)nn(-c4ccc(F)cc4)c3C)sc2C)cc1. The summed E-state index contributed by atoms with van der Waals surface area (Å²) in [5.74, 6) is 0.169. The van der Waals surface area contributed by atoms with Gasteiger partial charge in [-0.05, 0) is 69.3 Å². The number of anilines is 1. The summed E-state index contributed by atoms with van der Waals surface area (Å²) in [5, 5.41) is 7.88. The van der Waals surface area contributed by atoms with Crippen molar-refractivity contribution >= 4 is 22.4 Å². The van der Waals surface area contributed by atoms with Crippen LogP contribution in [-0.2, 0) is 0 Å². The average Bonchev–Trinajstić information content (AvgIpc) is 3.27. The number of halogens is 1. The van der Waals surface area contributed by atoms with Crippen LogP contribution in [0.25, 0.3) is 16.9 Å². The van der Waals surface area contributed by atoms with Gasteiger partial charge >= 0.3 is 0 Å². The Bertz CT molecular complexity index is 1240. The molecule has 0 saturated carbocycles. The number of rotatable bonds is 5. The molecule has 0 aliphatic heterocycles. The summed E-state index contributed by atoms with van der Waals surface area (Å²) in [6.07, 6.45) is 0. The van der Waals surface area contributed by atoms with Crippen LogP contribution in [0.1, 0.15) is 26.6 Å². The Hall–Kier alpha value is -3.52. The second-order valence-corrected chi connectivity index (χ2v) is 8.24. The lowest BCUT2D eigenvalue weighted by Crippen LogP contribution is -2.14. The summed E-state index contributed by atoms with van der Waals surface area (Å²) < 4.78 is 20.1. The second kappa shape index (κ2) is 8.31. The van der Waals surface area contributed by atoms with Gasteiger partial charge < -0.3 is 4.74 Å². The molecule has 0 aliphatic rings. The van der Waals surface area contributed by atoms with Crippen molar-refractivity contribution < 1.29 is 13.9 Å². The molecule has 0 aliphatic carbocycles. The molecule has 8 heteroatoms. The van der Waals surface area contributed by atoms with Crippen molar-refractivity contribution in [3.05, 3.63) is 76.2 Å². The van der Waals surface area contributed by atoms with Crippen LogP contribution < -0.4 is 10.1 Å². The lowest BCUT2D eigenvalue weighted by atomic mass is 10.1. The Kier molecular flexibility index (Phi) is 5.56. The minimum atomic E-state index is -0.324. The van der Waals surface area contributed by atoms with Crippen LogP contribution in [0.2, 0.25) is 0 Å². The third-order valence-electron chi connectivity index (χ3n) is 4.97. The van der Waals surface area contributed by atoms with Crippen LogP contribution >= 0.6 is 11.3 Å². The van der Waals surface area contributed by atoms with Gasteiger partial charge in [-0.15, -0.1) is 11.3 Å². The van der Waals surface area contributed by atoms with Gasteiger partial charge in [0.2, 0.25) is 0 Å². The number of aromatic nitrogens is 3. The molecule has 2 heterocycles. The molecule has 0 unspecified atom stereocenters. The Morgan fingerprint density at radius 1 is 1.06 bits per heavy atom. The van der Waals surface area contributed by atoms with Gasteiger partial charge in [0.1, 0.15) is 11.6 Å². The number of hydrogen-bond donors (Lipinski definition) is 1. The Morgan fingerprint density at radius 3 is 2.39 bits per heavy atom. The highest BCUT2D eigenvalue weighted by Crippen LogP contribution is 2.32. The van der Waals surface area contributed by atoms with Crippen LogP contribution in [0, 0.1) is 26.6 Å². The van der Waals surface area contributed by atoms with E-state index in [1.54, 1.807) is 30.8 Å². The van der Waals surface area contributed by atoms with E-state index in [0.717, 1.165) is 21.9 Å². The van der Waals surface area contributed by atoms with E-state index in [-0.39, 0.29) is 11.7 Å². The molecule has 0 radical (unpaired) electrons. The standard InChI is InChI=1S/C23H21FN4O2S/c1-13-20(14(2)28(27-13)18-9-7-17(24)8-10-18)22(29)26-23-25-21(15(3)31-23)16-5-11-19(30-4)12-6-16/h5-12H,1-4H3,(H,25,26,29). The molecule has 1 amide bonds. The largest absolute Gasteiger partial charge is 0.497 e. The molecular formula is C23H21FN4O2S. The Labute approximate surface area is 183 Å². The first-order chi connectivity index (χ1) is 14.9. The van der Waals surface area contributed by atoms with Crippen molar-refractivity contribution in [2.75, 3.05) is 12.4 Å². The number of methoxy groups -OCH3 is 1. The summed E-state index contributed by atoms with van der Waals surface area (Å²) in [5.41, 5.74) is 4.19. The maximum Gasteiger partial charge on any atom is 0.261 e. The highest BCUT2D eigenvalue weighted by molar-refractivity contribution is 7.16. The maximum absolute atomic E-state index is 13.2. The van der Waals surface area contributed by atoms with Crippen molar-refractivity contribution in [3.63, 3.8) is 0 Å². The Balaban J connectivity index is 1.59. The summed E-state index contributed by atoms with van der Waals surface area (Å²) in [4.78, 5) is 18.6. The number of hydrogen-bond acceptors (Lipinski definition) is 5.